The van der Waals surface area contributed by atoms with E-state index in [1.165, 1.54) is 50.0 Å². The number of anilines is 1. The van der Waals surface area contributed by atoms with E-state index in [1.54, 1.807) is 13.0 Å². The van der Waals surface area contributed by atoms with Gasteiger partial charge in [-0.3, -0.25) is 24.7 Å². The number of amides is 2. The second kappa shape index (κ2) is 12.5. The first kappa shape index (κ1) is 28.7. The van der Waals surface area contributed by atoms with Crippen molar-refractivity contribution in [3.8, 4) is 0 Å². The van der Waals surface area contributed by atoms with Crippen LogP contribution in [0.2, 0.25) is 0 Å². The first-order chi connectivity index (χ1) is 20.9. The van der Waals surface area contributed by atoms with Crippen molar-refractivity contribution in [3.63, 3.8) is 0 Å². The highest BCUT2D eigenvalue weighted by Crippen LogP contribution is 2.38. The molecule has 3 aliphatic heterocycles. The van der Waals surface area contributed by atoms with Gasteiger partial charge in [0.15, 0.2) is 0 Å². The van der Waals surface area contributed by atoms with Crippen molar-refractivity contribution in [2.75, 3.05) is 31.5 Å². The van der Waals surface area contributed by atoms with E-state index in [0.717, 1.165) is 42.5 Å². The van der Waals surface area contributed by atoms with Gasteiger partial charge in [0.2, 0.25) is 11.8 Å². The summed E-state index contributed by atoms with van der Waals surface area (Å²) < 4.78 is 0. The summed E-state index contributed by atoms with van der Waals surface area (Å²) >= 11 is 0. The van der Waals surface area contributed by atoms with E-state index in [1.807, 2.05) is 35.2 Å². The number of nitrogens with zero attached hydrogens (tertiary/aromatic N) is 4. The molecule has 1 saturated heterocycles. The van der Waals surface area contributed by atoms with Crippen molar-refractivity contribution in [1.29, 1.82) is 0 Å². The van der Waals surface area contributed by atoms with Gasteiger partial charge >= 0.3 is 0 Å². The maximum absolute atomic E-state index is 13.4. The Morgan fingerprint density at radius 3 is 2.53 bits per heavy atom. The SMILES string of the molecule is CC(=O)N1CCc2cc(N=C(c3ccc(CCCN4CCCCC4)cc3)C3C(=O)Nc4ccc([N+](=O)[O-])cc43)ccc2C1. The van der Waals surface area contributed by atoms with E-state index in [-0.39, 0.29) is 17.5 Å². The lowest BCUT2D eigenvalue weighted by Gasteiger charge is -2.28. The molecule has 1 unspecified atom stereocenters. The van der Waals surface area contributed by atoms with Gasteiger partial charge in [0, 0.05) is 43.4 Å². The molecule has 9 nitrogen and oxygen atoms in total. The highest BCUT2D eigenvalue weighted by molar-refractivity contribution is 6.24. The second-order valence-electron chi connectivity index (χ2n) is 11.8. The number of carbonyl (C=O) groups excluding carboxylic acids is 2. The number of carbonyl (C=O) groups is 2. The molecule has 0 aromatic heterocycles. The third kappa shape index (κ3) is 6.37. The summed E-state index contributed by atoms with van der Waals surface area (Å²) in [6.07, 6.45) is 6.72. The molecule has 0 spiro atoms. The van der Waals surface area contributed by atoms with Crippen LogP contribution in [0.3, 0.4) is 0 Å². The smallest absolute Gasteiger partial charge is 0.269 e. The van der Waals surface area contributed by atoms with Gasteiger partial charge in [0.05, 0.1) is 16.3 Å². The monoisotopic (exact) mass is 579 g/mol. The first-order valence-corrected chi connectivity index (χ1v) is 15.2. The Morgan fingerprint density at radius 2 is 1.79 bits per heavy atom. The standard InChI is InChI=1S/C34H37N5O4/c1-23(40)38-19-15-26-20-28(12-11-27(26)22-38)35-33(32-30-21-29(39(42)43)13-14-31(30)36-34(32)41)25-9-7-24(8-10-25)6-5-18-37-16-3-2-4-17-37/h7-14,20-21,32H,2-6,15-19,22H2,1H3,(H,36,41). The largest absolute Gasteiger partial charge is 0.338 e. The topological polar surface area (TPSA) is 108 Å². The molecule has 0 bridgehead atoms. The van der Waals surface area contributed by atoms with Crippen LogP contribution in [-0.2, 0) is 29.0 Å². The fourth-order valence-corrected chi connectivity index (χ4v) is 6.48. The van der Waals surface area contributed by atoms with Crippen LogP contribution in [0.5, 0.6) is 0 Å². The zero-order chi connectivity index (χ0) is 29.9. The molecule has 3 aliphatic rings. The summed E-state index contributed by atoms with van der Waals surface area (Å²) in [6, 6.07) is 18.7. The van der Waals surface area contributed by atoms with Gasteiger partial charge in [-0.1, -0.05) is 36.8 Å². The van der Waals surface area contributed by atoms with E-state index in [4.69, 9.17) is 4.99 Å². The molecule has 1 N–H and O–H groups in total. The highest BCUT2D eigenvalue weighted by Gasteiger charge is 2.37. The van der Waals surface area contributed by atoms with E-state index in [0.29, 0.717) is 35.7 Å². The van der Waals surface area contributed by atoms with E-state index in [9.17, 15) is 19.7 Å². The fourth-order valence-electron chi connectivity index (χ4n) is 6.48. The number of hydrogen-bond acceptors (Lipinski definition) is 6. The Hall–Kier alpha value is -4.37. The van der Waals surface area contributed by atoms with Gasteiger partial charge in [-0.05, 0) is 92.2 Å². The van der Waals surface area contributed by atoms with Crippen molar-refractivity contribution in [2.45, 2.75) is 57.9 Å². The number of nitro groups is 1. The van der Waals surface area contributed by atoms with Gasteiger partial charge < -0.3 is 15.1 Å². The molecule has 0 radical (unpaired) electrons. The van der Waals surface area contributed by atoms with Crippen LogP contribution in [0.4, 0.5) is 17.1 Å². The number of rotatable bonds is 8. The molecule has 3 aromatic rings. The molecule has 0 aliphatic carbocycles. The molecule has 6 rings (SSSR count). The Bertz CT molecular complexity index is 1580. The second-order valence-corrected chi connectivity index (χ2v) is 11.8. The van der Waals surface area contributed by atoms with Crippen LogP contribution in [0, 0.1) is 10.1 Å². The molecule has 9 heteroatoms. The molecule has 3 heterocycles. The number of nitrogens with one attached hydrogen (secondary N) is 1. The molecule has 222 valence electrons. The number of aryl methyl sites for hydroxylation is 1. The predicted octanol–water partition coefficient (Wildman–Crippen LogP) is 5.77. The van der Waals surface area contributed by atoms with Crippen molar-refractivity contribution in [3.05, 3.63) is 98.6 Å². The fraction of sp³-hybridized carbons (Fsp3) is 0.382. The third-order valence-electron chi connectivity index (χ3n) is 8.89. The summed E-state index contributed by atoms with van der Waals surface area (Å²) in [7, 11) is 0. The minimum absolute atomic E-state index is 0.0602. The van der Waals surface area contributed by atoms with Crippen LogP contribution in [0.25, 0.3) is 0 Å². The van der Waals surface area contributed by atoms with Gasteiger partial charge in [-0.15, -0.1) is 0 Å². The number of hydrogen-bond donors (Lipinski definition) is 1. The summed E-state index contributed by atoms with van der Waals surface area (Å²) in [5.41, 5.74) is 6.59. The minimum atomic E-state index is -0.788. The van der Waals surface area contributed by atoms with Gasteiger partial charge in [0.25, 0.3) is 5.69 Å². The maximum atomic E-state index is 13.4. The van der Waals surface area contributed by atoms with Crippen LogP contribution >= 0.6 is 0 Å². The van der Waals surface area contributed by atoms with E-state index in [2.05, 4.69) is 22.3 Å². The molecular formula is C34H37N5O4. The van der Waals surface area contributed by atoms with Crippen LogP contribution in [0.1, 0.15) is 66.3 Å². The molecule has 1 atom stereocenters. The molecule has 43 heavy (non-hydrogen) atoms. The van der Waals surface area contributed by atoms with Crippen molar-refractivity contribution >= 4 is 34.6 Å². The summed E-state index contributed by atoms with van der Waals surface area (Å²) in [5.74, 6) is -0.982. The first-order valence-electron chi connectivity index (χ1n) is 15.2. The van der Waals surface area contributed by atoms with Gasteiger partial charge in [-0.2, -0.15) is 0 Å². The molecule has 3 aromatic carbocycles. The zero-order valence-corrected chi connectivity index (χ0v) is 24.6. The molecular weight excluding hydrogens is 542 g/mol. The van der Waals surface area contributed by atoms with E-state index < -0.39 is 10.8 Å². The summed E-state index contributed by atoms with van der Waals surface area (Å²) in [5, 5.41) is 14.5. The lowest BCUT2D eigenvalue weighted by Crippen LogP contribution is -2.34. The normalized spacial score (nSPS) is 18.6. The number of nitro benzene ring substituents is 1. The molecule has 2 amide bonds. The number of fused-ring (bicyclic) bond motifs is 2. The van der Waals surface area contributed by atoms with Crippen LogP contribution in [0.15, 0.2) is 65.7 Å². The van der Waals surface area contributed by atoms with Crippen LogP contribution in [-0.4, -0.2) is 58.4 Å². The Balaban J connectivity index is 1.31. The predicted molar refractivity (Wildman–Crippen MR) is 167 cm³/mol. The lowest BCUT2D eigenvalue weighted by atomic mass is 9.89. The van der Waals surface area contributed by atoms with E-state index >= 15 is 0 Å². The average Bonchev–Trinajstić information content (AvgIpc) is 3.35. The maximum Gasteiger partial charge on any atom is 0.269 e. The third-order valence-corrected chi connectivity index (χ3v) is 8.89. The van der Waals surface area contributed by atoms with Crippen molar-refractivity contribution in [2.24, 2.45) is 4.99 Å². The molecule has 0 saturated carbocycles. The highest BCUT2D eigenvalue weighted by atomic mass is 16.6. The van der Waals surface area contributed by atoms with Gasteiger partial charge in [-0.25, -0.2) is 0 Å². The lowest BCUT2D eigenvalue weighted by molar-refractivity contribution is -0.384. The Morgan fingerprint density at radius 1 is 1.00 bits per heavy atom. The van der Waals surface area contributed by atoms with Crippen molar-refractivity contribution < 1.29 is 14.5 Å². The molecule has 1 fully saturated rings. The Kier molecular flexibility index (Phi) is 8.33. The minimum Gasteiger partial charge on any atom is -0.338 e. The number of aliphatic imine (C=N–C) groups is 1. The number of piperidine rings is 1. The summed E-state index contributed by atoms with van der Waals surface area (Å²) in [6.45, 7) is 6.31. The van der Waals surface area contributed by atoms with Crippen LogP contribution < -0.4 is 5.32 Å². The van der Waals surface area contributed by atoms with Crippen molar-refractivity contribution in [1.82, 2.24) is 9.80 Å². The number of non-ortho nitro benzene ring substituents is 1. The van der Waals surface area contributed by atoms with Gasteiger partial charge in [0.1, 0.15) is 5.92 Å². The Labute approximate surface area is 251 Å². The number of benzene rings is 3. The number of likely N-dealkylation sites (tertiary alicyclic amines) is 1. The average molecular weight is 580 g/mol. The zero-order valence-electron chi connectivity index (χ0n) is 24.6. The summed E-state index contributed by atoms with van der Waals surface area (Å²) in [4.78, 5) is 45.9. The quantitative estimate of drug-likeness (QED) is 0.207.